The number of benzene rings is 2. The zero-order chi connectivity index (χ0) is 18.5. The average molecular weight is 351 g/mol. The highest BCUT2D eigenvalue weighted by molar-refractivity contribution is 5.90. The van der Waals surface area contributed by atoms with Gasteiger partial charge < -0.3 is 14.5 Å². The molecule has 26 heavy (non-hydrogen) atoms. The van der Waals surface area contributed by atoms with Crippen molar-refractivity contribution in [2.75, 3.05) is 12.4 Å². The number of amides is 1. The molecule has 6 nitrogen and oxygen atoms in total. The Hall–Kier alpha value is -3.15. The molecule has 134 valence electrons. The van der Waals surface area contributed by atoms with Gasteiger partial charge in [0.15, 0.2) is 0 Å². The van der Waals surface area contributed by atoms with E-state index in [1.54, 1.807) is 7.11 Å². The number of nitrogens with zero attached hydrogens (tertiary/aromatic N) is 2. The Morgan fingerprint density at radius 2 is 1.92 bits per heavy atom. The van der Waals surface area contributed by atoms with Crippen LogP contribution in [0.4, 0.5) is 5.69 Å². The lowest BCUT2D eigenvalue weighted by Crippen LogP contribution is -2.12. The van der Waals surface area contributed by atoms with Gasteiger partial charge >= 0.3 is 0 Å². The van der Waals surface area contributed by atoms with E-state index in [1.165, 1.54) is 5.56 Å². The number of methoxy groups -OCH3 is 1. The molecule has 6 heteroatoms. The van der Waals surface area contributed by atoms with Crippen LogP contribution < -0.4 is 10.1 Å². The van der Waals surface area contributed by atoms with Crippen LogP contribution in [-0.2, 0) is 11.2 Å². The number of aromatic nitrogens is 2. The average Bonchev–Trinajstić information content (AvgIpc) is 3.12. The van der Waals surface area contributed by atoms with E-state index in [2.05, 4.69) is 15.5 Å². The fourth-order valence-corrected chi connectivity index (χ4v) is 2.55. The van der Waals surface area contributed by atoms with Crippen LogP contribution in [0.3, 0.4) is 0 Å². The summed E-state index contributed by atoms with van der Waals surface area (Å²) in [6.07, 6.45) is 0.638. The van der Waals surface area contributed by atoms with Crippen molar-refractivity contribution >= 4 is 11.6 Å². The molecule has 1 amide bonds. The van der Waals surface area contributed by atoms with E-state index in [0.717, 1.165) is 16.8 Å². The van der Waals surface area contributed by atoms with Crippen LogP contribution in [0, 0.1) is 13.8 Å². The predicted molar refractivity (Wildman–Crippen MR) is 99.2 cm³/mol. The van der Waals surface area contributed by atoms with E-state index in [1.807, 2.05) is 56.3 Å². The van der Waals surface area contributed by atoms with Crippen molar-refractivity contribution in [2.45, 2.75) is 26.7 Å². The van der Waals surface area contributed by atoms with Crippen LogP contribution >= 0.6 is 0 Å². The second kappa shape index (κ2) is 7.82. The van der Waals surface area contributed by atoms with Crippen LogP contribution in [0.2, 0.25) is 0 Å². The summed E-state index contributed by atoms with van der Waals surface area (Å²) in [6.45, 7) is 4.05. The maximum Gasteiger partial charge on any atom is 0.251 e. The van der Waals surface area contributed by atoms with Crippen LogP contribution in [0.15, 0.2) is 46.9 Å². The molecule has 0 saturated heterocycles. The molecular formula is C20H21N3O3. The second-order valence-corrected chi connectivity index (χ2v) is 6.05. The lowest BCUT2D eigenvalue weighted by Gasteiger charge is -2.07. The van der Waals surface area contributed by atoms with Gasteiger partial charge in [0.25, 0.3) is 5.89 Å². The number of hydrogen-bond donors (Lipinski definition) is 1. The standard InChI is InChI=1S/C20H21N3O3/c1-13-8-9-15(12-14(13)2)21-18(24)10-11-19-22-23-20(26-19)16-6-4-5-7-17(16)25-3/h4-9,12H,10-11H2,1-3H3,(H,21,24). The number of aryl methyl sites for hydroxylation is 3. The number of carbonyl (C=O) groups excluding carboxylic acids is 1. The van der Waals surface area contributed by atoms with Gasteiger partial charge in [-0.1, -0.05) is 18.2 Å². The molecular weight excluding hydrogens is 330 g/mol. The molecule has 2 aromatic carbocycles. The highest BCUT2D eigenvalue weighted by atomic mass is 16.5. The molecule has 0 spiro atoms. The Morgan fingerprint density at radius 3 is 2.69 bits per heavy atom. The molecule has 1 heterocycles. The first-order chi connectivity index (χ1) is 12.6. The second-order valence-electron chi connectivity index (χ2n) is 6.05. The van der Waals surface area contributed by atoms with Gasteiger partial charge in [0.05, 0.1) is 12.7 Å². The maximum atomic E-state index is 12.1. The molecule has 3 rings (SSSR count). The molecule has 0 aliphatic carbocycles. The fraction of sp³-hybridized carbons (Fsp3) is 0.250. The minimum absolute atomic E-state index is 0.0923. The number of rotatable bonds is 6. The first-order valence-corrected chi connectivity index (χ1v) is 8.39. The molecule has 0 atom stereocenters. The highest BCUT2D eigenvalue weighted by Gasteiger charge is 2.14. The number of ether oxygens (including phenoxy) is 1. The van der Waals surface area contributed by atoms with Crippen LogP contribution in [0.5, 0.6) is 5.75 Å². The molecule has 0 aliphatic heterocycles. The van der Waals surface area contributed by atoms with Gasteiger partial charge in [-0.2, -0.15) is 0 Å². The lowest BCUT2D eigenvalue weighted by molar-refractivity contribution is -0.116. The number of anilines is 1. The molecule has 0 saturated carbocycles. The lowest BCUT2D eigenvalue weighted by atomic mass is 10.1. The molecule has 0 aliphatic rings. The Morgan fingerprint density at radius 1 is 1.12 bits per heavy atom. The first-order valence-electron chi connectivity index (χ1n) is 8.39. The number of hydrogen-bond acceptors (Lipinski definition) is 5. The Labute approximate surface area is 152 Å². The van der Waals surface area contributed by atoms with Gasteiger partial charge in [-0.15, -0.1) is 10.2 Å². The molecule has 0 bridgehead atoms. The minimum Gasteiger partial charge on any atom is -0.496 e. The van der Waals surface area contributed by atoms with E-state index < -0.39 is 0 Å². The predicted octanol–water partition coefficient (Wildman–Crippen LogP) is 3.93. The third-order valence-electron chi connectivity index (χ3n) is 4.16. The van der Waals surface area contributed by atoms with E-state index in [4.69, 9.17) is 9.15 Å². The van der Waals surface area contributed by atoms with Crippen molar-refractivity contribution in [2.24, 2.45) is 0 Å². The van der Waals surface area contributed by atoms with Gasteiger partial charge in [0.2, 0.25) is 11.8 Å². The first kappa shape index (κ1) is 17.7. The highest BCUT2D eigenvalue weighted by Crippen LogP contribution is 2.28. The van der Waals surface area contributed by atoms with Gasteiger partial charge in [-0.3, -0.25) is 4.79 Å². The van der Waals surface area contributed by atoms with Crippen molar-refractivity contribution < 1.29 is 13.9 Å². The molecule has 1 aromatic heterocycles. The Bertz CT molecular complexity index is 918. The van der Waals surface area contributed by atoms with E-state index >= 15 is 0 Å². The van der Waals surface area contributed by atoms with Gasteiger partial charge in [-0.05, 0) is 49.2 Å². The normalized spacial score (nSPS) is 10.6. The van der Waals surface area contributed by atoms with Gasteiger partial charge in [0, 0.05) is 18.5 Å². The topological polar surface area (TPSA) is 77.2 Å². The molecule has 3 aromatic rings. The molecule has 0 unspecified atom stereocenters. The Balaban J connectivity index is 1.61. The smallest absolute Gasteiger partial charge is 0.251 e. The van der Waals surface area contributed by atoms with E-state index in [9.17, 15) is 4.79 Å². The Kier molecular flexibility index (Phi) is 5.31. The summed E-state index contributed by atoms with van der Waals surface area (Å²) >= 11 is 0. The van der Waals surface area contributed by atoms with E-state index in [0.29, 0.717) is 24.0 Å². The SMILES string of the molecule is COc1ccccc1-c1nnc(CCC(=O)Nc2ccc(C)c(C)c2)o1. The summed E-state index contributed by atoms with van der Waals surface area (Å²) in [5.41, 5.74) is 3.85. The maximum absolute atomic E-state index is 12.1. The zero-order valence-electron chi connectivity index (χ0n) is 15.1. The van der Waals surface area contributed by atoms with Crippen molar-refractivity contribution in [1.82, 2.24) is 10.2 Å². The van der Waals surface area contributed by atoms with Crippen LogP contribution in [-0.4, -0.2) is 23.2 Å². The number of nitrogens with one attached hydrogen (secondary N) is 1. The summed E-state index contributed by atoms with van der Waals surface area (Å²) in [6, 6.07) is 13.3. The zero-order valence-corrected chi connectivity index (χ0v) is 15.1. The third-order valence-corrected chi connectivity index (χ3v) is 4.16. The monoisotopic (exact) mass is 351 g/mol. The minimum atomic E-state index is -0.0923. The van der Waals surface area contributed by atoms with Crippen molar-refractivity contribution in [3.8, 4) is 17.2 Å². The van der Waals surface area contributed by atoms with Crippen molar-refractivity contribution in [3.63, 3.8) is 0 Å². The van der Waals surface area contributed by atoms with Crippen molar-refractivity contribution in [1.29, 1.82) is 0 Å². The van der Waals surface area contributed by atoms with Gasteiger partial charge in [0.1, 0.15) is 5.75 Å². The van der Waals surface area contributed by atoms with E-state index in [-0.39, 0.29) is 12.3 Å². The summed E-state index contributed by atoms with van der Waals surface area (Å²) in [5.74, 6) is 1.37. The summed E-state index contributed by atoms with van der Waals surface area (Å²) < 4.78 is 11.0. The molecule has 0 radical (unpaired) electrons. The third kappa shape index (κ3) is 4.08. The largest absolute Gasteiger partial charge is 0.496 e. The summed E-state index contributed by atoms with van der Waals surface area (Å²) in [7, 11) is 1.59. The molecule has 1 N–H and O–H groups in total. The van der Waals surface area contributed by atoms with Gasteiger partial charge in [-0.25, -0.2) is 0 Å². The fourth-order valence-electron chi connectivity index (χ4n) is 2.55. The van der Waals surface area contributed by atoms with Crippen LogP contribution in [0.25, 0.3) is 11.5 Å². The number of carbonyl (C=O) groups is 1. The van der Waals surface area contributed by atoms with Crippen molar-refractivity contribution in [3.05, 3.63) is 59.5 Å². The quantitative estimate of drug-likeness (QED) is 0.728. The van der Waals surface area contributed by atoms with Crippen LogP contribution in [0.1, 0.15) is 23.4 Å². The number of para-hydroxylation sites is 1. The summed E-state index contributed by atoms with van der Waals surface area (Å²) in [5, 5.41) is 11.0. The molecule has 0 fully saturated rings. The summed E-state index contributed by atoms with van der Waals surface area (Å²) in [4.78, 5) is 12.1.